The molecular formula is C16H26N6O3. The molecule has 0 aliphatic carbocycles. The van der Waals surface area contributed by atoms with Gasteiger partial charge in [-0.25, -0.2) is 9.78 Å². The van der Waals surface area contributed by atoms with Crippen LogP contribution in [0.4, 0.5) is 10.7 Å². The number of hydrogen-bond acceptors (Lipinski definition) is 6. The number of carbonyl (C=O) groups is 2. The lowest BCUT2D eigenvalue weighted by Gasteiger charge is -2.39. The van der Waals surface area contributed by atoms with Gasteiger partial charge >= 0.3 is 6.03 Å². The van der Waals surface area contributed by atoms with Gasteiger partial charge in [-0.05, 0) is 5.41 Å². The Labute approximate surface area is 147 Å². The highest BCUT2D eigenvalue weighted by Crippen LogP contribution is 2.22. The summed E-state index contributed by atoms with van der Waals surface area (Å²) >= 11 is 0. The molecule has 0 saturated carbocycles. The molecular weight excluding hydrogens is 324 g/mol. The smallest absolute Gasteiger partial charge is 0.312 e. The maximum atomic E-state index is 12.8. The minimum absolute atomic E-state index is 0.127. The van der Waals surface area contributed by atoms with Crippen molar-refractivity contribution in [2.24, 2.45) is 11.1 Å². The van der Waals surface area contributed by atoms with Crippen LogP contribution in [0.15, 0.2) is 12.3 Å². The van der Waals surface area contributed by atoms with Gasteiger partial charge in [0.05, 0.1) is 7.11 Å². The van der Waals surface area contributed by atoms with Crippen LogP contribution in [0.25, 0.3) is 0 Å². The number of anilines is 1. The first-order valence-corrected chi connectivity index (χ1v) is 8.19. The normalized spacial score (nSPS) is 16.3. The van der Waals surface area contributed by atoms with Crippen molar-refractivity contribution < 1.29 is 14.3 Å². The summed E-state index contributed by atoms with van der Waals surface area (Å²) in [5, 5.41) is 2.57. The number of nitrogens with two attached hydrogens (primary N) is 1. The van der Waals surface area contributed by atoms with Crippen LogP contribution in [0.1, 0.15) is 20.8 Å². The fraction of sp³-hybridized carbons (Fsp3) is 0.625. The van der Waals surface area contributed by atoms with Crippen molar-refractivity contribution in [3.63, 3.8) is 0 Å². The molecule has 25 heavy (non-hydrogen) atoms. The lowest BCUT2D eigenvalue weighted by atomic mass is 9.85. The number of rotatable bonds is 4. The molecule has 9 nitrogen and oxygen atoms in total. The molecule has 2 rings (SSSR count). The van der Waals surface area contributed by atoms with Gasteiger partial charge in [-0.1, -0.05) is 20.8 Å². The van der Waals surface area contributed by atoms with Gasteiger partial charge in [0, 0.05) is 38.4 Å². The van der Waals surface area contributed by atoms with Crippen molar-refractivity contribution >= 4 is 17.9 Å². The first kappa shape index (κ1) is 18.8. The molecule has 0 radical (unpaired) electrons. The minimum Gasteiger partial charge on any atom is -0.481 e. The van der Waals surface area contributed by atoms with Crippen molar-refractivity contribution in [1.82, 2.24) is 20.2 Å². The average Bonchev–Trinajstić information content (AvgIpc) is 2.58. The highest BCUT2D eigenvalue weighted by atomic mass is 16.5. The van der Waals surface area contributed by atoms with E-state index in [-0.39, 0.29) is 5.91 Å². The maximum Gasteiger partial charge on any atom is 0.312 e. The van der Waals surface area contributed by atoms with Gasteiger partial charge in [0.25, 0.3) is 0 Å². The molecule has 1 unspecified atom stereocenters. The molecule has 1 atom stereocenters. The Hall–Kier alpha value is -2.58. The monoisotopic (exact) mass is 350 g/mol. The van der Waals surface area contributed by atoms with Gasteiger partial charge in [-0.15, -0.1) is 0 Å². The zero-order valence-electron chi connectivity index (χ0n) is 15.2. The van der Waals surface area contributed by atoms with E-state index in [0.29, 0.717) is 38.0 Å². The van der Waals surface area contributed by atoms with E-state index in [4.69, 9.17) is 10.5 Å². The largest absolute Gasteiger partial charge is 0.481 e. The second-order valence-corrected chi connectivity index (χ2v) is 7.02. The van der Waals surface area contributed by atoms with Crippen LogP contribution in [0.5, 0.6) is 5.88 Å². The fourth-order valence-corrected chi connectivity index (χ4v) is 2.70. The van der Waals surface area contributed by atoms with Crippen LogP contribution in [0, 0.1) is 5.41 Å². The van der Waals surface area contributed by atoms with Crippen molar-refractivity contribution in [1.29, 1.82) is 0 Å². The third kappa shape index (κ3) is 4.71. The Morgan fingerprint density at radius 2 is 1.92 bits per heavy atom. The molecule has 1 fully saturated rings. The summed E-state index contributed by atoms with van der Waals surface area (Å²) in [4.78, 5) is 36.4. The third-order valence-electron chi connectivity index (χ3n) is 4.10. The highest BCUT2D eigenvalue weighted by Gasteiger charge is 2.36. The fourth-order valence-electron chi connectivity index (χ4n) is 2.70. The number of piperazine rings is 1. The van der Waals surface area contributed by atoms with Crippen LogP contribution in [0.2, 0.25) is 0 Å². The van der Waals surface area contributed by atoms with Crippen LogP contribution in [-0.4, -0.2) is 66.1 Å². The predicted octanol–water partition coefficient (Wildman–Crippen LogP) is 0.217. The summed E-state index contributed by atoms with van der Waals surface area (Å²) in [7, 11) is 1.56. The lowest BCUT2D eigenvalue weighted by molar-refractivity contribution is -0.136. The summed E-state index contributed by atoms with van der Waals surface area (Å²) in [6, 6.07) is 0.327. The van der Waals surface area contributed by atoms with Gasteiger partial charge in [-0.3, -0.25) is 4.79 Å². The second kappa shape index (κ2) is 7.54. The predicted molar refractivity (Wildman–Crippen MR) is 93.3 cm³/mol. The molecule has 3 N–H and O–H groups in total. The van der Waals surface area contributed by atoms with E-state index in [9.17, 15) is 9.59 Å². The molecule has 1 aromatic heterocycles. The Bertz CT molecular complexity index is 623. The zero-order valence-corrected chi connectivity index (χ0v) is 15.2. The molecule has 2 heterocycles. The number of aromatic nitrogens is 2. The second-order valence-electron chi connectivity index (χ2n) is 7.02. The average molecular weight is 350 g/mol. The van der Waals surface area contributed by atoms with Crippen molar-refractivity contribution in [3.8, 4) is 5.88 Å². The molecule has 9 heteroatoms. The van der Waals surface area contributed by atoms with E-state index < -0.39 is 17.5 Å². The maximum absolute atomic E-state index is 12.8. The van der Waals surface area contributed by atoms with E-state index in [2.05, 4.69) is 15.3 Å². The van der Waals surface area contributed by atoms with Gasteiger partial charge in [0.15, 0.2) is 0 Å². The number of amides is 3. The number of nitrogens with zero attached hydrogens (tertiary/aromatic N) is 4. The molecule has 1 aliphatic heterocycles. The van der Waals surface area contributed by atoms with Gasteiger partial charge < -0.3 is 25.6 Å². The van der Waals surface area contributed by atoms with E-state index in [1.54, 1.807) is 24.3 Å². The first-order chi connectivity index (χ1) is 11.7. The molecule has 0 aromatic carbocycles. The third-order valence-corrected chi connectivity index (χ3v) is 4.10. The molecule has 3 amide bonds. The number of primary amides is 1. The SMILES string of the molecule is COc1ccnc(N2CCN(C(=O)C(NC(N)=O)C(C)(C)C)CC2)n1. The summed E-state index contributed by atoms with van der Waals surface area (Å²) < 4.78 is 5.12. The number of carbonyl (C=O) groups excluding carboxylic acids is 2. The van der Waals surface area contributed by atoms with Crippen LogP contribution < -0.4 is 20.7 Å². The Kier molecular flexibility index (Phi) is 5.66. The standard InChI is InChI=1S/C16H26N6O3/c1-16(2,3)12(20-14(17)24)13(23)21-7-9-22(10-8-21)15-18-6-5-11(19-15)25-4/h5-6,12H,7-10H2,1-4H3,(H3,17,20,24). The summed E-state index contributed by atoms with van der Waals surface area (Å²) in [6.07, 6.45) is 1.64. The Morgan fingerprint density at radius 1 is 1.28 bits per heavy atom. The summed E-state index contributed by atoms with van der Waals surface area (Å²) in [5.41, 5.74) is 4.79. The Balaban J connectivity index is 2.02. The van der Waals surface area contributed by atoms with Gasteiger partial charge in [-0.2, -0.15) is 4.98 Å². The van der Waals surface area contributed by atoms with E-state index in [1.165, 1.54) is 0 Å². The van der Waals surface area contributed by atoms with E-state index >= 15 is 0 Å². The first-order valence-electron chi connectivity index (χ1n) is 8.19. The molecule has 138 valence electrons. The summed E-state index contributed by atoms with van der Waals surface area (Å²) in [5.74, 6) is 0.952. The Morgan fingerprint density at radius 3 is 2.44 bits per heavy atom. The number of urea groups is 1. The molecule has 0 spiro atoms. The number of ether oxygens (including phenoxy) is 1. The van der Waals surface area contributed by atoms with E-state index in [1.807, 2.05) is 25.7 Å². The number of nitrogens with one attached hydrogen (secondary N) is 1. The molecule has 1 aliphatic rings. The highest BCUT2D eigenvalue weighted by molar-refractivity contribution is 5.87. The van der Waals surface area contributed by atoms with Crippen LogP contribution in [-0.2, 0) is 4.79 Å². The quantitative estimate of drug-likeness (QED) is 0.803. The van der Waals surface area contributed by atoms with Crippen molar-refractivity contribution in [2.75, 3.05) is 38.2 Å². The van der Waals surface area contributed by atoms with Crippen LogP contribution in [0.3, 0.4) is 0 Å². The van der Waals surface area contributed by atoms with Gasteiger partial charge in [0.1, 0.15) is 6.04 Å². The molecule has 0 bridgehead atoms. The van der Waals surface area contributed by atoms with Crippen LogP contribution >= 0.6 is 0 Å². The summed E-state index contributed by atoms with van der Waals surface area (Å²) in [6.45, 7) is 7.93. The molecule has 1 saturated heterocycles. The van der Waals surface area contributed by atoms with E-state index in [0.717, 1.165) is 0 Å². The topological polar surface area (TPSA) is 114 Å². The van der Waals surface area contributed by atoms with Crippen molar-refractivity contribution in [3.05, 3.63) is 12.3 Å². The minimum atomic E-state index is -0.698. The van der Waals surface area contributed by atoms with Crippen molar-refractivity contribution in [2.45, 2.75) is 26.8 Å². The molecule has 1 aromatic rings. The number of methoxy groups -OCH3 is 1. The number of hydrogen-bond donors (Lipinski definition) is 2. The van der Waals surface area contributed by atoms with Gasteiger partial charge in [0.2, 0.25) is 17.7 Å². The lowest BCUT2D eigenvalue weighted by Crippen LogP contribution is -2.59. The zero-order chi connectivity index (χ0) is 18.6.